The molecule has 3 N–H and O–H groups in total. The number of rotatable bonds is 3. The Kier molecular flexibility index (Phi) is 5.72. The minimum Gasteiger partial charge on any atom is -0.355 e. The van der Waals surface area contributed by atoms with Crippen molar-refractivity contribution < 1.29 is 4.79 Å². The number of aromatic amines is 1. The van der Waals surface area contributed by atoms with Crippen LogP contribution in [-0.2, 0) is 0 Å². The van der Waals surface area contributed by atoms with Crippen LogP contribution in [0.3, 0.4) is 0 Å². The number of hydrogen-bond donors (Lipinski definition) is 2. The number of hydrogen-bond acceptors (Lipinski definition) is 7. The van der Waals surface area contributed by atoms with E-state index in [2.05, 4.69) is 26.9 Å². The number of likely N-dealkylation sites (tertiary alicyclic amines) is 2. The minimum absolute atomic E-state index is 0.0347. The van der Waals surface area contributed by atoms with Crippen molar-refractivity contribution in [2.75, 3.05) is 19.6 Å². The van der Waals surface area contributed by atoms with Gasteiger partial charge in [-0.15, -0.1) is 0 Å². The second kappa shape index (κ2) is 8.43. The third-order valence-corrected chi connectivity index (χ3v) is 5.89. The molecule has 0 spiro atoms. The molecule has 2 atom stereocenters. The van der Waals surface area contributed by atoms with Crippen LogP contribution in [0.2, 0.25) is 0 Å². The van der Waals surface area contributed by atoms with Crippen molar-refractivity contribution in [2.45, 2.75) is 51.6 Å². The SMILES string of the molecule is C=NN1C=C(C)C(N2CC[C@H](N)C2)=N/C1=C/C1CCCCN1C(=O)c1cc(C)n[nH]1. The molecule has 2 saturated heterocycles. The van der Waals surface area contributed by atoms with Crippen molar-refractivity contribution in [1.82, 2.24) is 25.0 Å². The van der Waals surface area contributed by atoms with Crippen molar-refractivity contribution in [2.24, 2.45) is 15.8 Å². The van der Waals surface area contributed by atoms with E-state index >= 15 is 0 Å². The Labute approximate surface area is 177 Å². The summed E-state index contributed by atoms with van der Waals surface area (Å²) in [6, 6.07) is 1.90. The number of aromatic nitrogens is 2. The topological polar surface area (TPSA) is 106 Å². The van der Waals surface area contributed by atoms with Gasteiger partial charge in [0.2, 0.25) is 0 Å². The van der Waals surface area contributed by atoms with Crippen LogP contribution < -0.4 is 5.73 Å². The molecule has 1 amide bonds. The highest BCUT2D eigenvalue weighted by Gasteiger charge is 2.30. The van der Waals surface area contributed by atoms with E-state index < -0.39 is 0 Å². The molecule has 0 aliphatic carbocycles. The first-order chi connectivity index (χ1) is 14.5. The number of nitrogens with two attached hydrogens (primary N) is 1. The fourth-order valence-corrected chi connectivity index (χ4v) is 4.32. The highest BCUT2D eigenvalue weighted by Crippen LogP contribution is 2.26. The van der Waals surface area contributed by atoms with Crippen LogP contribution in [-0.4, -0.2) is 75.2 Å². The van der Waals surface area contributed by atoms with E-state index in [0.717, 1.165) is 55.9 Å². The lowest BCUT2D eigenvalue weighted by molar-refractivity contribution is 0.0656. The predicted molar refractivity (Wildman–Crippen MR) is 117 cm³/mol. The first-order valence-corrected chi connectivity index (χ1v) is 10.5. The van der Waals surface area contributed by atoms with Gasteiger partial charge in [0.1, 0.15) is 11.5 Å². The molecule has 30 heavy (non-hydrogen) atoms. The number of hydrazone groups is 1. The third kappa shape index (κ3) is 4.02. The normalized spacial score (nSPS) is 26.1. The number of carbonyl (C=O) groups excluding carboxylic acids is 1. The lowest BCUT2D eigenvalue weighted by atomic mass is 10.0. The van der Waals surface area contributed by atoms with Gasteiger partial charge in [-0.25, -0.2) is 10.0 Å². The van der Waals surface area contributed by atoms with Crippen LogP contribution in [0.1, 0.15) is 48.8 Å². The monoisotopic (exact) mass is 410 g/mol. The summed E-state index contributed by atoms with van der Waals surface area (Å²) in [5.41, 5.74) is 8.45. The lowest BCUT2D eigenvalue weighted by Gasteiger charge is -2.35. The molecule has 1 aromatic rings. The van der Waals surface area contributed by atoms with Crippen molar-refractivity contribution >= 4 is 18.5 Å². The molecular weight excluding hydrogens is 380 g/mol. The van der Waals surface area contributed by atoms with Crippen molar-refractivity contribution in [3.8, 4) is 0 Å². The number of amides is 1. The van der Waals surface area contributed by atoms with Gasteiger partial charge in [0.25, 0.3) is 5.91 Å². The molecule has 160 valence electrons. The van der Waals surface area contributed by atoms with Gasteiger partial charge in [0, 0.05) is 44.2 Å². The summed E-state index contributed by atoms with van der Waals surface area (Å²) in [7, 11) is 0. The Hall–Kier alpha value is -2.94. The number of nitrogens with zero attached hydrogens (tertiary/aromatic N) is 6. The van der Waals surface area contributed by atoms with Crippen LogP contribution >= 0.6 is 0 Å². The van der Waals surface area contributed by atoms with Crippen molar-refractivity contribution in [3.05, 3.63) is 41.1 Å². The Balaban J connectivity index is 1.63. The Bertz CT molecular complexity index is 914. The Morgan fingerprint density at radius 2 is 2.17 bits per heavy atom. The summed E-state index contributed by atoms with van der Waals surface area (Å²) >= 11 is 0. The Morgan fingerprint density at radius 3 is 2.83 bits per heavy atom. The number of aliphatic imine (C=N–C) groups is 1. The predicted octanol–water partition coefficient (Wildman–Crippen LogP) is 1.82. The average Bonchev–Trinajstić information content (AvgIpc) is 3.37. The van der Waals surface area contributed by atoms with E-state index in [1.807, 2.05) is 31.0 Å². The maximum atomic E-state index is 13.1. The van der Waals surface area contributed by atoms with Gasteiger partial charge in [-0.2, -0.15) is 10.2 Å². The summed E-state index contributed by atoms with van der Waals surface area (Å²) < 4.78 is 0. The van der Waals surface area contributed by atoms with E-state index in [4.69, 9.17) is 10.7 Å². The van der Waals surface area contributed by atoms with Gasteiger partial charge in [-0.3, -0.25) is 9.89 Å². The zero-order chi connectivity index (χ0) is 21.3. The summed E-state index contributed by atoms with van der Waals surface area (Å²) in [5, 5.41) is 12.8. The zero-order valence-corrected chi connectivity index (χ0v) is 17.7. The number of carbonyl (C=O) groups is 1. The van der Waals surface area contributed by atoms with E-state index in [-0.39, 0.29) is 18.0 Å². The Morgan fingerprint density at radius 1 is 1.33 bits per heavy atom. The number of piperidine rings is 1. The van der Waals surface area contributed by atoms with Crippen LogP contribution in [0.15, 0.2) is 39.8 Å². The lowest BCUT2D eigenvalue weighted by Crippen LogP contribution is -2.43. The van der Waals surface area contributed by atoms with Crippen molar-refractivity contribution in [1.29, 1.82) is 0 Å². The first-order valence-electron chi connectivity index (χ1n) is 10.5. The molecule has 0 aromatic carbocycles. The number of aryl methyl sites for hydroxylation is 1. The highest BCUT2D eigenvalue weighted by molar-refractivity contribution is 5.99. The highest BCUT2D eigenvalue weighted by atomic mass is 16.2. The molecule has 4 rings (SSSR count). The maximum absolute atomic E-state index is 13.1. The van der Waals surface area contributed by atoms with E-state index in [1.165, 1.54) is 0 Å². The molecule has 3 aliphatic heterocycles. The van der Waals surface area contributed by atoms with Gasteiger partial charge >= 0.3 is 0 Å². The van der Waals surface area contributed by atoms with E-state index in [0.29, 0.717) is 18.1 Å². The molecule has 9 heteroatoms. The van der Waals surface area contributed by atoms with Gasteiger partial charge < -0.3 is 15.5 Å². The zero-order valence-electron chi connectivity index (χ0n) is 17.7. The molecular formula is C21H30N8O. The van der Waals surface area contributed by atoms with Crippen LogP contribution in [0, 0.1) is 6.92 Å². The smallest absolute Gasteiger partial charge is 0.272 e. The molecule has 1 unspecified atom stereocenters. The molecule has 9 nitrogen and oxygen atoms in total. The summed E-state index contributed by atoms with van der Waals surface area (Å²) in [6.07, 6.45) is 7.88. The maximum Gasteiger partial charge on any atom is 0.272 e. The van der Waals surface area contributed by atoms with Crippen LogP contribution in [0.25, 0.3) is 0 Å². The molecule has 3 aliphatic rings. The second-order valence-corrected chi connectivity index (χ2v) is 8.24. The molecule has 2 fully saturated rings. The largest absolute Gasteiger partial charge is 0.355 e. The molecule has 4 heterocycles. The minimum atomic E-state index is -0.0632. The molecule has 1 aromatic heterocycles. The van der Waals surface area contributed by atoms with Crippen LogP contribution in [0.4, 0.5) is 0 Å². The number of nitrogens with one attached hydrogen (secondary N) is 1. The van der Waals surface area contributed by atoms with E-state index in [1.54, 1.807) is 11.1 Å². The second-order valence-electron chi connectivity index (χ2n) is 8.24. The molecule has 0 saturated carbocycles. The van der Waals surface area contributed by atoms with Gasteiger partial charge in [0.15, 0.2) is 5.82 Å². The summed E-state index contributed by atoms with van der Waals surface area (Å²) in [5.74, 6) is 1.58. The average molecular weight is 411 g/mol. The van der Waals surface area contributed by atoms with E-state index in [9.17, 15) is 4.79 Å². The summed E-state index contributed by atoms with van der Waals surface area (Å²) in [6.45, 7) is 9.99. The molecule has 0 radical (unpaired) electrons. The standard InChI is InChI=1S/C21H30N8O/c1-14-12-29(23-3)19(24-20(14)27-9-7-16(22)13-27)11-17-6-4-5-8-28(17)21(30)18-10-15(2)25-26-18/h10-12,16-17H,3-9,13,22H2,1-2H3,(H,25,26)/b19-11-/t16-,17?/m0/s1. The van der Waals surface area contributed by atoms with Crippen LogP contribution in [0.5, 0.6) is 0 Å². The quantitative estimate of drug-likeness (QED) is 0.740. The van der Waals surface area contributed by atoms with Gasteiger partial charge in [-0.05, 0) is 51.7 Å². The number of amidine groups is 1. The van der Waals surface area contributed by atoms with Gasteiger partial charge in [0.05, 0.1) is 11.7 Å². The van der Waals surface area contributed by atoms with Gasteiger partial charge in [-0.1, -0.05) is 0 Å². The fraction of sp³-hybridized carbons (Fsp3) is 0.524. The summed E-state index contributed by atoms with van der Waals surface area (Å²) in [4.78, 5) is 22.1. The van der Waals surface area contributed by atoms with Crippen molar-refractivity contribution in [3.63, 3.8) is 0 Å². The molecule has 0 bridgehead atoms. The third-order valence-electron chi connectivity index (χ3n) is 5.89. The number of H-pyrrole nitrogens is 1. The fourth-order valence-electron chi connectivity index (χ4n) is 4.32. The first kappa shape index (κ1) is 20.3.